The van der Waals surface area contributed by atoms with Crippen molar-refractivity contribution in [1.29, 1.82) is 0 Å². The van der Waals surface area contributed by atoms with Gasteiger partial charge < -0.3 is 25.4 Å². The third-order valence-corrected chi connectivity index (χ3v) is 4.42. The first-order chi connectivity index (χ1) is 13.1. The normalized spacial score (nSPS) is 16.0. The van der Waals surface area contributed by atoms with E-state index in [2.05, 4.69) is 21.3 Å². The summed E-state index contributed by atoms with van der Waals surface area (Å²) in [5.74, 6) is 2.21. The molecule has 152 valence electrons. The Hall–Kier alpha value is -2.00. The number of rotatable bonds is 7. The van der Waals surface area contributed by atoms with Crippen molar-refractivity contribution in [3.8, 4) is 11.5 Å². The molecule has 7 heteroatoms. The van der Waals surface area contributed by atoms with Gasteiger partial charge in [0.05, 0.1) is 19.2 Å². The van der Waals surface area contributed by atoms with E-state index in [1.165, 1.54) is 0 Å². The maximum Gasteiger partial charge on any atom is 0.189 e. The summed E-state index contributed by atoms with van der Waals surface area (Å²) in [6.07, 6.45) is 0.864. The Labute approximate surface area is 184 Å². The van der Waals surface area contributed by atoms with Crippen LogP contribution in [0.4, 0.5) is 0 Å². The number of ether oxygens (including phenoxy) is 2. The van der Waals surface area contributed by atoms with E-state index in [0.29, 0.717) is 25.7 Å². The number of nitrogens with two attached hydrogens (primary N) is 1. The van der Waals surface area contributed by atoms with Gasteiger partial charge in [-0.15, -0.1) is 24.0 Å². The van der Waals surface area contributed by atoms with E-state index in [1.807, 2.05) is 56.6 Å². The third kappa shape index (κ3) is 6.56. The molecular weight excluding hydrogens is 467 g/mol. The average Bonchev–Trinajstić information content (AvgIpc) is 2.67. The van der Waals surface area contributed by atoms with Crippen molar-refractivity contribution in [1.82, 2.24) is 10.2 Å². The first-order valence-corrected chi connectivity index (χ1v) is 9.26. The summed E-state index contributed by atoms with van der Waals surface area (Å²) in [5, 5.41) is 3.32. The van der Waals surface area contributed by atoms with Crippen molar-refractivity contribution in [2.75, 3.05) is 33.9 Å². The monoisotopic (exact) mass is 496 g/mol. The molecule has 3 N–H and O–H groups in total. The molecule has 1 unspecified atom stereocenters. The number of para-hydroxylation sites is 1. The molecule has 1 atom stereocenters. The van der Waals surface area contributed by atoms with Crippen molar-refractivity contribution in [3.05, 3.63) is 59.7 Å². The molecule has 1 aliphatic rings. The molecule has 3 rings (SSSR count). The molecule has 2 aromatic rings. The van der Waals surface area contributed by atoms with E-state index in [1.54, 1.807) is 0 Å². The highest BCUT2D eigenvalue weighted by Crippen LogP contribution is 2.31. The van der Waals surface area contributed by atoms with Gasteiger partial charge in [0.1, 0.15) is 18.1 Å². The molecule has 2 aromatic carbocycles. The predicted molar refractivity (Wildman–Crippen MR) is 124 cm³/mol. The Morgan fingerprint density at radius 2 is 2.07 bits per heavy atom. The fraction of sp³-hybridized carbons (Fsp3) is 0.381. The Bertz CT molecular complexity index is 783. The lowest BCUT2D eigenvalue weighted by atomic mass is 10.0. The maximum atomic E-state index is 6.12. The largest absolute Gasteiger partial charge is 0.493 e. The molecule has 0 aliphatic carbocycles. The second kappa shape index (κ2) is 11.1. The van der Waals surface area contributed by atoms with Crippen LogP contribution in [-0.4, -0.2) is 44.7 Å². The zero-order valence-corrected chi connectivity index (χ0v) is 18.8. The first-order valence-electron chi connectivity index (χ1n) is 9.26. The number of benzene rings is 2. The van der Waals surface area contributed by atoms with Gasteiger partial charge in [0.15, 0.2) is 5.96 Å². The van der Waals surface area contributed by atoms with Gasteiger partial charge >= 0.3 is 0 Å². The summed E-state index contributed by atoms with van der Waals surface area (Å²) in [6.45, 7) is 2.72. The van der Waals surface area contributed by atoms with Gasteiger partial charge in [0.25, 0.3) is 0 Å². The minimum atomic E-state index is 0. The SMILES string of the molecule is CN(C)CCOc1cccc(CN=C(N)NC2CCOc3ccccc32)c1.I. The Balaban J connectivity index is 0.00000280. The molecule has 0 spiro atoms. The lowest BCUT2D eigenvalue weighted by molar-refractivity contribution is 0.261. The van der Waals surface area contributed by atoms with Crippen molar-refractivity contribution < 1.29 is 9.47 Å². The van der Waals surface area contributed by atoms with E-state index in [-0.39, 0.29) is 30.0 Å². The van der Waals surface area contributed by atoms with E-state index < -0.39 is 0 Å². The molecule has 0 saturated carbocycles. The Morgan fingerprint density at radius 1 is 1.25 bits per heavy atom. The summed E-state index contributed by atoms with van der Waals surface area (Å²) in [6, 6.07) is 16.1. The van der Waals surface area contributed by atoms with Gasteiger partial charge in [-0.05, 0) is 37.9 Å². The zero-order valence-electron chi connectivity index (χ0n) is 16.4. The van der Waals surface area contributed by atoms with Crippen LogP contribution in [0, 0.1) is 0 Å². The molecule has 28 heavy (non-hydrogen) atoms. The third-order valence-electron chi connectivity index (χ3n) is 4.42. The van der Waals surface area contributed by atoms with Crippen LogP contribution in [0.1, 0.15) is 23.6 Å². The molecule has 0 bridgehead atoms. The lowest BCUT2D eigenvalue weighted by Gasteiger charge is -2.26. The summed E-state index contributed by atoms with van der Waals surface area (Å²) >= 11 is 0. The molecule has 0 saturated heterocycles. The first kappa shape index (κ1) is 22.3. The number of fused-ring (bicyclic) bond motifs is 1. The fourth-order valence-corrected chi connectivity index (χ4v) is 2.97. The zero-order chi connectivity index (χ0) is 19.1. The summed E-state index contributed by atoms with van der Waals surface area (Å²) in [4.78, 5) is 6.58. The van der Waals surface area contributed by atoms with Crippen LogP contribution >= 0.6 is 24.0 Å². The topological polar surface area (TPSA) is 72.1 Å². The van der Waals surface area contributed by atoms with Crippen LogP contribution in [0.25, 0.3) is 0 Å². The quantitative estimate of drug-likeness (QED) is 0.350. The molecular formula is C21H29IN4O2. The molecule has 0 fully saturated rings. The van der Waals surface area contributed by atoms with Crippen LogP contribution in [0.3, 0.4) is 0 Å². The average molecular weight is 496 g/mol. The Morgan fingerprint density at radius 3 is 2.89 bits per heavy atom. The molecule has 0 amide bonds. The van der Waals surface area contributed by atoms with Gasteiger partial charge in [-0.3, -0.25) is 0 Å². The number of likely N-dealkylation sites (N-methyl/N-ethyl adjacent to an activating group) is 1. The van der Waals surface area contributed by atoms with E-state index in [4.69, 9.17) is 15.2 Å². The number of halogens is 1. The highest BCUT2D eigenvalue weighted by atomic mass is 127. The van der Waals surface area contributed by atoms with Crippen LogP contribution in [0.2, 0.25) is 0 Å². The molecule has 6 nitrogen and oxygen atoms in total. The van der Waals surface area contributed by atoms with Crippen LogP contribution in [0.15, 0.2) is 53.5 Å². The van der Waals surface area contributed by atoms with Gasteiger partial charge in [-0.1, -0.05) is 30.3 Å². The number of aliphatic imine (C=N–C) groups is 1. The Kier molecular flexibility index (Phi) is 8.85. The second-order valence-corrected chi connectivity index (χ2v) is 6.87. The van der Waals surface area contributed by atoms with Crippen LogP contribution < -0.4 is 20.5 Å². The molecule has 0 aromatic heterocycles. The van der Waals surface area contributed by atoms with Crippen molar-refractivity contribution in [3.63, 3.8) is 0 Å². The van der Waals surface area contributed by atoms with E-state index in [0.717, 1.165) is 35.6 Å². The van der Waals surface area contributed by atoms with Gasteiger partial charge in [-0.2, -0.15) is 0 Å². The van der Waals surface area contributed by atoms with Crippen molar-refractivity contribution >= 4 is 29.9 Å². The van der Waals surface area contributed by atoms with Gasteiger partial charge in [-0.25, -0.2) is 4.99 Å². The fourth-order valence-electron chi connectivity index (χ4n) is 2.97. The smallest absolute Gasteiger partial charge is 0.189 e. The van der Waals surface area contributed by atoms with Gasteiger partial charge in [0.2, 0.25) is 0 Å². The molecule has 1 heterocycles. The maximum absolute atomic E-state index is 6.12. The number of hydrogen-bond acceptors (Lipinski definition) is 4. The summed E-state index contributed by atoms with van der Waals surface area (Å²) < 4.78 is 11.5. The summed E-state index contributed by atoms with van der Waals surface area (Å²) in [7, 11) is 4.06. The van der Waals surface area contributed by atoms with Crippen molar-refractivity contribution in [2.24, 2.45) is 10.7 Å². The standard InChI is InChI=1S/C21H28N4O2.HI/c1-25(2)11-13-26-17-7-5-6-16(14-17)15-23-21(22)24-19-10-12-27-20-9-4-3-8-18(19)20;/h3-9,14,19H,10-13,15H2,1-2H3,(H3,22,23,24);1H. The van der Waals surface area contributed by atoms with Crippen molar-refractivity contribution in [2.45, 2.75) is 19.0 Å². The molecule has 0 radical (unpaired) electrons. The highest BCUT2D eigenvalue weighted by Gasteiger charge is 2.21. The summed E-state index contributed by atoms with van der Waals surface area (Å²) in [5.41, 5.74) is 8.31. The van der Waals surface area contributed by atoms with Crippen LogP contribution in [-0.2, 0) is 6.54 Å². The van der Waals surface area contributed by atoms with Crippen LogP contribution in [0.5, 0.6) is 11.5 Å². The van der Waals surface area contributed by atoms with Gasteiger partial charge in [0, 0.05) is 18.5 Å². The lowest BCUT2D eigenvalue weighted by Crippen LogP contribution is -2.37. The van der Waals surface area contributed by atoms with E-state index >= 15 is 0 Å². The predicted octanol–water partition coefficient (Wildman–Crippen LogP) is 3.17. The molecule has 1 aliphatic heterocycles. The minimum Gasteiger partial charge on any atom is -0.493 e. The second-order valence-electron chi connectivity index (χ2n) is 6.87. The minimum absolute atomic E-state index is 0. The number of nitrogens with one attached hydrogen (secondary N) is 1. The van der Waals surface area contributed by atoms with E-state index in [9.17, 15) is 0 Å². The number of guanidine groups is 1. The number of nitrogens with zero attached hydrogens (tertiary/aromatic N) is 2. The highest BCUT2D eigenvalue weighted by molar-refractivity contribution is 14.0. The number of hydrogen-bond donors (Lipinski definition) is 2.